The van der Waals surface area contributed by atoms with Gasteiger partial charge in [-0.15, -0.1) is 0 Å². The van der Waals surface area contributed by atoms with Crippen LogP contribution >= 0.6 is 11.3 Å². The first kappa shape index (κ1) is 16.5. The fraction of sp³-hybridized carbons (Fsp3) is 0.143. The Morgan fingerprint density at radius 3 is 2.69 bits per heavy atom. The molecule has 26 heavy (non-hydrogen) atoms. The molecule has 0 aliphatic rings. The molecule has 0 radical (unpaired) electrons. The molecule has 130 valence electrons. The van der Waals surface area contributed by atoms with Crippen molar-refractivity contribution in [1.82, 2.24) is 4.98 Å². The molecular weight excluding hydrogens is 344 g/mol. The van der Waals surface area contributed by atoms with Crippen LogP contribution in [-0.2, 0) is 6.54 Å². The number of hydrogen-bond acceptors (Lipinski definition) is 4. The van der Waals surface area contributed by atoms with Crippen LogP contribution in [0.2, 0.25) is 0 Å². The molecule has 1 amide bonds. The van der Waals surface area contributed by atoms with E-state index in [2.05, 4.69) is 4.98 Å². The average Bonchev–Trinajstić information content (AvgIpc) is 3.28. The topological polar surface area (TPSA) is 46.3 Å². The number of thiazole rings is 1. The molecule has 4 rings (SSSR count). The first-order valence-electron chi connectivity index (χ1n) is 8.39. The number of amides is 1. The highest BCUT2D eigenvalue weighted by atomic mass is 32.1. The third-order valence-corrected chi connectivity index (χ3v) is 5.32. The lowest BCUT2D eigenvalue weighted by Crippen LogP contribution is -2.30. The van der Waals surface area contributed by atoms with Crippen LogP contribution in [0.3, 0.4) is 0 Å². The summed E-state index contributed by atoms with van der Waals surface area (Å²) < 4.78 is 6.53. The van der Waals surface area contributed by atoms with Gasteiger partial charge in [0.1, 0.15) is 5.76 Å². The number of carbonyl (C=O) groups is 1. The smallest absolute Gasteiger partial charge is 0.260 e. The van der Waals surface area contributed by atoms with Crippen LogP contribution in [0.4, 0.5) is 5.13 Å². The maximum absolute atomic E-state index is 13.3. The lowest BCUT2D eigenvalue weighted by Gasteiger charge is -2.20. The van der Waals surface area contributed by atoms with Crippen LogP contribution < -0.4 is 4.90 Å². The summed E-state index contributed by atoms with van der Waals surface area (Å²) in [6, 6.07) is 17.5. The molecule has 0 fully saturated rings. The van der Waals surface area contributed by atoms with E-state index in [1.165, 1.54) is 11.3 Å². The fourth-order valence-corrected chi connectivity index (χ4v) is 3.92. The predicted octanol–water partition coefficient (Wildman–Crippen LogP) is 5.35. The van der Waals surface area contributed by atoms with Gasteiger partial charge in [0.05, 0.1) is 23.0 Å². The number of carbonyl (C=O) groups excluding carboxylic acids is 1. The monoisotopic (exact) mass is 362 g/mol. The van der Waals surface area contributed by atoms with E-state index in [9.17, 15) is 4.79 Å². The molecule has 5 heteroatoms. The molecule has 0 aliphatic heterocycles. The molecule has 0 N–H and O–H groups in total. The highest BCUT2D eigenvalue weighted by Crippen LogP contribution is 2.31. The Bertz CT molecular complexity index is 1030. The van der Waals surface area contributed by atoms with E-state index in [4.69, 9.17) is 4.42 Å². The number of aryl methyl sites for hydroxylation is 2. The quantitative estimate of drug-likeness (QED) is 0.491. The van der Waals surface area contributed by atoms with Crippen molar-refractivity contribution < 1.29 is 9.21 Å². The van der Waals surface area contributed by atoms with Crippen molar-refractivity contribution in [2.45, 2.75) is 20.4 Å². The van der Waals surface area contributed by atoms with E-state index >= 15 is 0 Å². The Kier molecular flexibility index (Phi) is 4.31. The van der Waals surface area contributed by atoms with E-state index in [-0.39, 0.29) is 5.91 Å². The van der Waals surface area contributed by atoms with Crippen LogP contribution in [-0.4, -0.2) is 10.9 Å². The Hall–Kier alpha value is -2.92. The fourth-order valence-electron chi connectivity index (χ4n) is 2.96. The molecule has 0 spiro atoms. The standard InChI is InChI=1S/C21H18N2O2S/c1-14-9-10-17(15(2)12-14)20(24)23(13-16-6-5-11-25-16)21-22-18-7-3-4-8-19(18)26-21/h3-12H,13H2,1-2H3. The van der Waals surface area contributed by atoms with E-state index < -0.39 is 0 Å². The number of nitrogens with zero attached hydrogens (tertiary/aromatic N) is 2. The molecule has 4 aromatic rings. The second-order valence-electron chi connectivity index (χ2n) is 6.25. The lowest BCUT2D eigenvalue weighted by atomic mass is 10.0. The molecular formula is C21H18N2O2S. The minimum Gasteiger partial charge on any atom is -0.467 e. The molecule has 2 aromatic carbocycles. The largest absolute Gasteiger partial charge is 0.467 e. The van der Waals surface area contributed by atoms with Gasteiger partial charge in [0, 0.05) is 5.56 Å². The first-order valence-corrected chi connectivity index (χ1v) is 9.20. The maximum atomic E-state index is 13.3. The second kappa shape index (κ2) is 6.77. The zero-order valence-electron chi connectivity index (χ0n) is 14.6. The van der Waals surface area contributed by atoms with Gasteiger partial charge < -0.3 is 4.42 Å². The number of benzene rings is 2. The molecule has 4 nitrogen and oxygen atoms in total. The van der Waals surface area contributed by atoms with Crippen molar-refractivity contribution in [3.05, 3.63) is 83.3 Å². The van der Waals surface area contributed by atoms with Crippen LogP contribution in [0.25, 0.3) is 10.2 Å². The van der Waals surface area contributed by atoms with Gasteiger partial charge in [0.25, 0.3) is 5.91 Å². The number of furan rings is 1. The van der Waals surface area contributed by atoms with Crippen molar-refractivity contribution in [2.24, 2.45) is 0 Å². The summed E-state index contributed by atoms with van der Waals surface area (Å²) in [6.07, 6.45) is 1.62. The number of hydrogen-bond donors (Lipinski definition) is 0. The summed E-state index contributed by atoms with van der Waals surface area (Å²) in [5, 5.41) is 0.674. The van der Waals surface area contributed by atoms with Gasteiger partial charge in [0.15, 0.2) is 5.13 Å². The Labute approximate surface area is 155 Å². The predicted molar refractivity (Wildman–Crippen MR) is 105 cm³/mol. The maximum Gasteiger partial charge on any atom is 0.260 e. The molecule has 0 bridgehead atoms. The first-order chi connectivity index (χ1) is 12.6. The Morgan fingerprint density at radius 1 is 1.12 bits per heavy atom. The molecule has 0 aliphatic carbocycles. The van der Waals surface area contributed by atoms with Crippen LogP contribution in [0.5, 0.6) is 0 Å². The van der Waals surface area contributed by atoms with Gasteiger partial charge in [-0.3, -0.25) is 9.69 Å². The van der Waals surface area contributed by atoms with Crippen LogP contribution in [0.15, 0.2) is 65.3 Å². The summed E-state index contributed by atoms with van der Waals surface area (Å²) in [7, 11) is 0. The third kappa shape index (κ3) is 3.13. The third-order valence-electron chi connectivity index (χ3n) is 4.27. The van der Waals surface area contributed by atoms with Gasteiger partial charge >= 0.3 is 0 Å². The van der Waals surface area contributed by atoms with Gasteiger partial charge in [-0.25, -0.2) is 4.98 Å². The average molecular weight is 362 g/mol. The minimum atomic E-state index is -0.0713. The summed E-state index contributed by atoms with van der Waals surface area (Å²) in [6.45, 7) is 4.33. The highest BCUT2D eigenvalue weighted by Gasteiger charge is 2.23. The lowest BCUT2D eigenvalue weighted by molar-refractivity contribution is 0.0982. The van der Waals surface area contributed by atoms with E-state index in [1.54, 1.807) is 11.2 Å². The van der Waals surface area contributed by atoms with Gasteiger partial charge in [0.2, 0.25) is 0 Å². The Balaban J connectivity index is 1.78. The molecule has 0 unspecified atom stereocenters. The summed E-state index contributed by atoms with van der Waals surface area (Å²) in [5.74, 6) is 0.653. The zero-order valence-corrected chi connectivity index (χ0v) is 15.4. The normalized spacial score (nSPS) is 11.0. The van der Waals surface area contributed by atoms with Gasteiger partial charge in [-0.05, 0) is 49.7 Å². The van der Waals surface area contributed by atoms with E-state index in [1.807, 2.05) is 68.4 Å². The number of aromatic nitrogens is 1. The minimum absolute atomic E-state index is 0.0713. The van der Waals surface area contributed by atoms with Crippen LogP contribution in [0.1, 0.15) is 27.2 Å². The van der Waals surface area contributed by atoms with E-state index in [0.717, 1.165) is 27.1 Å². The number of anilines is 1. The molecule has 2 aromatic heterocycles. The molecule has 0 saturated heterocycles. The van der Waals surface area contributed by atoms with Crippen molar-refractivity contribution in [2.75, 3.05) is 4.90 Å². The summed E-state index contributed by atoms with van der Waals surface area (Å²) in [5.41, 5.74) is 3.67. The SMILES string of the molecule is Cc1ccc(C(=O)N(Cc2ccco2)c2nc3ccccc3s2)c(C)c1. The molecule has 0 saturated carbocycles. The number of para-hydroxylation sites is 1. The molecule has 0 atom stereocenters. The number of rotatable bonds is 4. The molecule has 2 heterocycles. The highest BCUT2D eigenvalue weighted by molar-refractivity contribution is 7.22. The van der Waals surface area contributed by atoms with E-state index in [0.29, 0.717) is 17.2 Å². The van der Waals surface area contributed by atoms with Gasteiger partial charge in [-0.2, -0.15) is 0 Å². The second-order valence-corrected chi connectivity index (χ2v) is 7.26. The van der Waals surface area contributed by atoms with Crippen molar-refractivity contribution in [1.29, 1.82) is 0 Å². The summed E-state index contributed by atoms with van der Waals surface area (Å²) >= 11 is 1.51. The van der Waals surface area contributed by atoms with Gasteiger partial charge in [-0.1, -0.05) is 41.2 Å². The van der Waals surface area contributed by atoms with Crippen molar-refractivity contribution in [3.8, 4) is 0 Å². The number of fused-ring (bicyclic) bond motifs is 1. The van der Waals surface area contributed by atoms with Crippen LogP contribution in [0, 0.1) is 13.8 Å². The zero-order chi connectivity index (χ0) is 18.1. The van der Waals surface area contributed by atoms with Crippen molar-refractivity contribution in [3.63, 3.8) is 0 Å². The Morgan fingerprint density at radius 2 is 1.96 bits per heavy atom. The summed E-state index contributed by atoms with van der Waals surface area (Å²) in [4.78, 5) is 19.7. The van der Waals surface area contributed by atoms with Crippen molar-refractivity contribution >= 4 is 32.6 Å².